The van der Waals surface area contributed by atoms with Crippen LogP contribution in [0.15, 0.2) is 18.2 Å². The fourth-order valence-corrected chi connectivity index (χ4v) is 1.62. The summed E-state index contributed by atoms with van der Waals surface area (Å²) in [4.78, 5) is 6.68. The Balaban J connectivity index is 1.94. The molecule has 0 atom stereocenters. The second kappa shape index (κ2) is 3.34. The minimum absolute atomic E-state index is 0.583. The molecule has 3 heteroatoms. The van der Waals surface area contributed by atoms with Gasteiger partial charge in [-0.25, -0.2) is 4.98 Å². The number of likely N-dealkylation sites (tertiary alicyclic amines) is 1. The maximum absolute atomic E-state index is 4.39. The van der Waals surface area contributed by atoms with E-state index < -0.39 is 0 Å². The molecule has 1 aliphatic rings. The van der Waals surface area contributed by atoms with Crippen LogP contribution in [0, 0.1) is 6.92 Å². The van der Waals surface area contributed by atoms with E-state index in [1.54, 1.807) is 0 Å². The van der Waals surface area contributed by atoms with Crippen molar-refractivity contribution in [2.75, 3.05) is 25.5 Å². The average Bonchev–Trinajstić information content (AvgIpc) is 2.01. The normalized spacial score (nSPS) is 18.3. The lowest BCUT2D eigenvalue weighted by Gasteiger charge is -2.36. The molecule has 1 fully saturated rings. The van der Waals surface area contributed by atoms with E-state index in [1.807, 2.05) is 25.1 Å². The van der Waals surface area contributed by atoms with Crippen molar-refractivity contribution in [3.63, 3.8) is 0 Å². The van der Waals surface area contributed by atoms with Crippen molar-refractivity contribution in [3.8, 4) is 0 Å². The van der Waals surface area contributed by atoms with Gasteiger partial charge in [-0.1, -0.05) is 6.07 Å². The van der Waals surface area contributed by atoms with E-state index >= 15 is 0 Å². The summed E-state index contributed by atoms with van der Waals surface area (Å²) in [7, 11) is 2.13. The van der Waals surface area contributed by atoms with Gasteiger partial charge in [-0.2, -0.15) is 0 Å². The predicted octanol–water partition coefficient (Wildman–Crippen LogP) is 1.12. The molecule has 1 aliphatic heterocycles. The van der Waals surface area contributed by atoms with E-state index in [1.165, 1.54) is 0 Å². The summed E-state index contributed by atoms with van der Waals surface area (Å²) in [6, 6.07) is 6.65. The summed E-state index contributed by atoms with van der Waals surface area (Å²) in [5.74, 6) is 0.998. The highest BCUT2D eigenvalue weighted by Crippen LogP contribution is 2.11. The lowest BCUT2D eigenvalue weighted by atomic mass is 10.1. The molecule has 1 aromatic heterocycles. The van der Waals surface area contributed by atoms with E-state index in [9.17, 15) is 0 Å². The summed E-state index contributed by atoms with van der Waals surface area (Å²) in [6.07, 6.45) is 0. The van der Waals surface area contributed by atoms with Gasteiger partial charge in [0.1, 0.15) is 5.82 Å². The first kappa shape index (κ1) is 8.51. The molecule has 0 spiro atoms. The van der Waals surface area contributed by atoms with Gasteiger partial charge in [0.15, 0.2) is 0 Å². The molecule has 1 saturated heterocycles. The highest BCUT2D eigenvalue weighted by Gasteiger charge is 2.22. The summed E-state index contributed by atoms with van der Waals surface area (Å²) in [5, 5.41) is 3.40. The van der Waals surface area contributed by atoms with Crippen molar-refractivity contribution in [2.24, 2.45) is 0 Å². The summed E-state index contributed by atoms with van der Waals surface area (Å²) in [6.45, 7) is 4.25. The summed E-state index contributed by atoms with van der Waals surface area (Å²) < 4.78 is 0. The number of pyridine rings is 1. The highest BCUT2D eigenvalue weighted by atomic mass is 15.2. The Morgan fingerprint density at radius 3 is 2.85 bits per heavy atom. The van der Waals surface area contributed by atoms with Crippen LogP contribution in [-0.2, 0) is 0 Å². The van der Waals surface area contributed by atoms with Crippen molar-refractivity contribution in [2.45, 2.75) is 13.0 Å². The number of nitrogens with zero attached hydrogens (tertiary/aromatic N) is 2. The quantitative estimate of drug-likeness (QED) is 0.733. The Labute approximate surface area is 78.8 Å². The minimum atomic E-state index is 0.583. The molecule has 0 saturated carbocycles. The zero-order valence-electron chi connectivity index (χ0n) is 8.12. The standard InChI is InChI=1S/C10H15N3/c1-8-4-3-5-10(11-8)12-9-6-13(2)7-9/h3-5,9H,6-7H2,1-2H3,(H,11,12). The maximum Gasteiger partial charge on any atom is 0.126 e. The van der Waals surface area contributed by atoms with E-state index in [-0.39, 0.29) is 0 Å². The summed E-state index contributed by atoms with van der Waals surface area (Å²) >= 11 is 0. The van der Waals surface area contributed by atoms with Crippen LogP contribution in [0.2, 0.25) is 0 Å². The average molecular weight is 177 g/mol. The van der Waals surface area contributed by atoms with Gasteiger partial charge in [-0.3, -0.25) is 0 Å². The van der Waals surface area contributed by atoms with Crippen molar-refractivity contribution < 1.29 is 0 Å². The number of aryl methyl sites for hydroxylation is 1. The molecule has 2 heterocycles. The maximum atomic E-state index is 4.39. The van der Waals surface area contributed by atoms with Gasteiger partial charge in [0, 0.05) is 18.8 Å². The van der Waals surface area contributed by atoms with Gasteiger partial charge in [-0.15, -0.1) is 0 Å². The highest BCUT2D eigenvalue weighted by molar-refractivity contribution is 5.37. The van der Waals surface area contributed by atoms with Crippen LogP contribution in [-0.4, -0.2) is 36.1 Å². The monoisotopic (exact) mass is 177 g/mol. The zero-order chi connectivity index (χ0) is 9.26. The third-order valence-corrected chi connectivity index (χ3v) is 2.30. The van der Waals surface area contributed by atoms with Crippen molar-refractivity contribution in [1.29, 1.82) is 0 Å². The fraction of sp³-hybridized carbons (Fsp3) is 0.500. The zero-order valence-corrected chi connectivity index (χ0v) is 8.12. The molecule has 70 valence electrons. The molecular formula is C10H15N3. The van der Waals surface area contributed by atoms with Crippen molar-refractivity contribution in [1.82, 2.24) is 9.88 Å². The third-order valence-electron chi connectivity index (χ3n) is 2.30. The lowest BCUT2D eigenvalue weighted by molar-refractivity contribution is 0.205. The van der Waals surface area contributed by atoms with Crippen LogP contribution in [0.1, 0.15) is 5.69 Å². The SMILES string of the molecule is Cc1cccc(NC2CN(C)C2)n1. The Bertz CT molecular complexity index is 292. The first-order valence-corrected chi connectivity index (χ1v) is 4.63. The number of rotatable bonds is 2. The first-order valence-electron chi connectivity index (χ1n) is 4.63. The fourth-order valence-electron chi connectivity index (χ4n) is 1.62. The second-order valence-corrected chi connectivity index (χ2v) is 3.73. The Kier molecular flexibility index (Phi) is 2.19. The number of anilines is 1. The molecule has 13 heavy (non-hydrogen) atoms. The molecule has 0 aliphatic carbocycles. The van der Waals surface area contributed by atoms with Gasteiger partial charge < -0.3 is 10.2 Å². The molecule has 0 aromatic carbocycles. The number of likely N-dealkylation sites (N-methyl/N-ethyl adjacent to an activating group) is 1. The van der Waals surface area contributed by atoms with Gasteiger partial charge in [0.05, 0.1) is 6.04 Å². The van der Waals surface area contributed by atoms with E-state index in [2.05, 4.69) is 22.2 Å². The molecule has 0 radical (unpaired) electrons. The molecular weight excluding hydrogens is 162 g/mol. The Morgan fingerprint density at radius 1 is 1.46 bits per heavy atom. The third kappa shape index (κ3) is 1.98. The lowest BCUT2D eigenvalue weighted by Crippen LogP contribution is -2.52. The number of hydrogen-bond acceptors (Lipinski definition) is 3. The molecule has 1 aromatic rings. The summed E-state index contributed by atoms with van der Waals surface area (Å²) in [5.41, 5.74) is 1.07. The minimum Gasteiger partial charge on any atom is -0.365 e. The van der Waals surface area contributed by atoms with Gasteiger partial charge in [0.2, 0.25) is 0 Å². The van der Waals surface area contributed by atoms with Crippen LogP contribution in [0.25, 0.3) is 0 Å². The number of aromatic nitrogens is 1. The van der Waals surface area contributed by atoms with Gasteiger partial charge in [0.25, 0.3) is 0 Å². The molecule has 0 unspecified atom stereocenters. The molecule has 2 rings (SSSR count). The topological polar surface area (TPSA) is 28.2 Å². The van der Waals surface area contributed by atoms with Gasteiger partial charge >= 0.3 is 0 Å². The van der Waals surface area contributed by atoms with Crippen molar-refractivity contribution >= 4 is 5.82 Å². The largest absolute Gasteiger partial charge is 0.365 e. The van der Waals surface area contributed by atoms with Crippen LogP contribution >= 0.6 is 0 Å². The number of nitrogens with one attached hydrogen (secondary N) is 1. The molecule has 3 nitrogen and oxygen atoms in total. The second-order valence-electron chi connectivity index (χ2n) is 3.73. The van der Waals surface area contributed by atoms with E-state index in [4.69, 9.17) is 0 Å². The number of hydrogen-bond donors (Lipinski definition) is 1. The van der Waals surface area contributed by atoms with E-state index in [0.717, 1.165) is 24.6 Å². The molecule has 1 N–H and O–H groups in total. The molecule has 0 bridgehead atoms. The predicted molar refractivity (Wildman–Crippen MR) is 53.9 cm³/mol. The molecule has 0 amide bonds. The van der Waals surface area contributed by atoms with E-state index in [0.29, 0.717) is 6.04 Å². The van der Waals surface area contributed by atoms with Crippen LogP contribution in [0.4, 0.5) is 5.82 Å². The van der Waals surface area contributed by atoms with Crippen LogP contribution < -0.4 is 5.32 Å². The van der Waals surface area contributed by atoms with Crippen molar-refractivity contribution in [3.05, 3.63) is 23.9 Å². The Hall–Kier alpha value is -1.09. The Morgan fingerprint density at radius 2 is 2.23 bits per heavy atom. The van der Waals surface area contributed by atoms with Crippen LogP contribution in [0.3, 0.4) is 0 Å². The first-order chi connectivity index (χ1) is 6.24. The van der Waals surface area contributed by atoms with Crippen LogP contribution in [0.5, 0.6) is 0 Å². The van der Waals surface area contributed by atoms with Gasteiger partial charge in [-0.05, 0) is 26.1 Å². The smallest absolute Gasteiger partial charge is 0.126 e.